The van der Waals surface area contributed by atoms with Crippen molar-refractivity contribution >= 4 is 5.71 Å². The molecule has 1 aliphatic heterocycles. The second-order valence-electron chi connectivity index (χ2n) is 3.25. The summed E-state index contributed by atoms with van der Waals surface area (Å²) in [5.41, 5.74) is 3.58. The molecule has 0 N–H and O–H groups in total. The van der Waals surface area contributed by atoms with Crippen LogP contribution in [-0.4, -0.2) is 17.2 Å². The number of hydrogen-bond donors (Lipinski definition) is 0. The van der Waals surface area contributed by atoms with Crippen LogP contribution in [0.2, 0.25) is 0 Å². The van der Waals surface area contributed by atoms with E-state index in [1.54, 1.807) is 6.20 Å². The van der Waals surface area contributed by atoms with Crippen LogP contribution in [0.1, 0.15) is 18.9 Å². The Bertz CT molecular complexity index is 350. The number of hydrogen-bond acceptors (Lipinski definition) is 2. The molecule has 0 saturated carbocycles. The number of dihydropyridines is 1. The highest BCUT2D eigenvalue weighted by Gasteiger charge is 2.04. The van der Waals surface area contributed by atoms with Gasteiger partial charge in [0.25, 0.3) is 0 Å². The predicted octanol–water partition coefficient (Wildman–Crippen LogP) is 2.22. The standard InChI is InChI=1S/C11H12N2/c1-9-4-6-13-11(7-9)10-3-2-5-12-8-10/h2-3,5,7-8H,4,6H2,1H3. The average molecular weight is 172 g/mol. The monoisotopic (exact) mass is 172 g/mol. The zero-order chi connectivity index (χ0) is 9.10. The van der Waals surface area contributed by atoms with Crippen molar-refractivity contribution in [2.45, 2.75) is 13.3 Å². The molecule has 2 nitrogen and oxygen atoms in total. The van der Waals surface area contributed by atoms with Gasteiger partial charge in [0.15, 0.2) is 0 Å². The third kappa shape index (κ3) is 1.83. The number of rotatable bonds is 1. The maximum atomic E-state index is 4.45. The van der Waals surface area contributed by atoms with Crippen LogP contribution in [0, 0.1) is 0 Å². The molecule has 0 aromatic carbocycles. The first-order valence-corrected chi connectivity index (χ1v) is 4.48. The SMILES string of the molecule is CC1=CC(c2cccnc2)=NCC1. The Kier molecular flexibility index (Phi) is 2.21. The number of pyridine rings is 1. The van der Waals surface area contributed by atoms with Crippen molar-refractivity contribution in [2.75, 3.05) is 6.54 Å². The fraction of sp³-hybridized carbons (Fsp3) is 0.273. The Balaban J connectivity index is 2.33. The van der Waals surface area contributed by atoms with Gasteiger partial charge in [-0.05, 0) is 31.6 Å². The summed E-state index contributed by atoms with van der Waals surface area (Å²) in [6.07, 6.45) is 6.86. The Morgan fingerprint density at radius 2 is 2.31 bits per heavy atom. The normalized spacial score (nSPS) is 16.4. The van der Waals surface area contributed by atoms with Crippen molar-refractivity contribution in [2.24, 2.45) is 4.99 Å². The van der Waals surface area contributed by atoms with Crippen molar-refractivity contribution in [1.82, 2.24) is 4.98 Å². The molecule has 0 radical (unpaired) electrons. The summed E-state index contributed by atoms with van der Waals surface area (Å²) in [6.45, 7) is 3.05. The van der Waals surface area contributed by atoms with E-state index in [4.69, 9.17) is 0 Å². The molecule has 2 heteroatoms. The fourth-order valence-corrected chi connectivity index (χ4v) is 1.39. The quantitative estimate of drug-likeness (QED) is 0.637. The molecule has 1 aliphatic rings. The summed E-state index contributed by atoms with van der Waals surface area (Å²) < 4.78 is 0. The molecule has 2 heterocycles. The third-order valence-electron chi connectivity index (χ3n) is 2.13. The average Bonchev–Trinajstić information content (AvgIpc) is 2.19. The van der Waals surface area contributed by atoms with E-state index >= 15 is 0 Å². The minimum Gasteiger partial charge on any atom is -0.284 e. The van der Waals surface area contributed by atoms with Crippen LogP contribution in [0.25, 0.3) is 0 Å². The van der Waals surface area contributed by atoms with E-state index in [2.05, 4.69) is 23.0 Å². The molecule has 0 fully saturated rings. The summed E-state index contributed by atoms with van der Waals surface area (Å²) in [4.78, 5) is 8.53. The number of aromatic nitrogens is 1. The number of allylic oxidation sites excluding steroid dienone is 1. The van der Waals surface area contributed by atoms with Gasteiger partial charge in [-0.15, -0.1) is 0 Å². The number of aliphatic imine (C=N–C) groups is 1. The van der Waals surface area contributed by atoms with Crippen LogP contribution in [0.15, 0.2) is 41.2 Å². The van der Waals surface area contributed by atoms with E-state index in [9.17, 15) is 0 Å². The lowest BCUT2D eigenvalue weighted by Crippen LogP contribution is -2.05. The molecule has 0 unspecified atom stereocenters. The van der Waals surface area contributed by atoms with E-state index in [1.165, 1.54) is 5.57 Å². The van der Waals surface area contributed by atoms with E-state index in [0.29, 0.717) is 0 Å². The molecule has 1 aromatic rings. The summed E-state index contributed by atoms with van der Waals surface area (Å²) in [7, 11) is 0. The molecular formula is C11H12N2. The highest BCUT2D eigenvalue weighted by Crippen LogP contribution is 2.11. The van der Waals surface area contributed by atoms with Gasteiger partial charge in [0, 0.05) is 24.5 Å². The molecule has 0 spiro atoms. The summed E-state index contributed by atoms with van der Waals surface area (Å²) >= 11 is 0. The largest absolute Gasteiger partial charge is 0.284 e. The summed E-state index contributed by atoms with van der Waals surface area (Å²) in [5, 5.41) is 0. The Morgan fingerprint density at radius 1 is 1.38 bits per heavy atom. The lowest BCUT2D eigenvalue weighted by Gasteiger charge is -2.09. The van der Waals surface area contributed by atoms with Crippen LogP contribution in [-0.2, 0) is 0 Å². The van der Waals surface area contributed by atoms with Gasteiger partial charge in [0.05, 0.1) is 5.71 Å². The van der Waals surface area contributed by atoms with Crippen molar-refractivity contribution in [3.05, 3.63) is 41.7 Å². The first kappa shape index (κ1) is 8.17. The highest BCUT2D eigenvalue weighted by atomic mass is 14.7. The second-order valence-corrected chi connectivity index (χ2v) is 3.25. The van der Waals surface area contributed by atoms with Crippen LogP contribution in [0.5, 0.6) is 0 Å². The molecule has 66 valence electrons. The smallest absolute Gasteiger partial charge is 0.0661 e. The topological polar surface area (TPSA) is 25.2 Å². The van der Waals surface area contributed by atoms with Crippen molar-refractivity contribution in [1.29, 1.82) is 0 Å². The molecule has 0 aliphatic carbocycles. The Labute approximate surface area is 78.0 Å². The van der Waals surface area contributed by atoms with Crippen molar-refractivity contribution in [3.8, 4) is 0 Å². The molecule has 0 atom stereocenters. The van der Waals surface area contributed by atoms with Gasteiger partial charge in [0.2, 0.25) is 0 Å². The van der Waals surface area contributed by atoms with Crippen molar-refractivity contribution < 1.29 is 0 Å². The molecule has 13 heavy (non-hydrogen) atoms. The zero-order valence-corrected chi connectivity index (χ0v) is 7.70. The lowest BCUT2D eigenvalue weighted by atomic mass is 10.1. The van der Waals surface area contributed by atoms with Crippen LogP contribution in [0.3, 0.4) is 0 Å². The fourth-order valence-electron chi connectivity index (χ4n) is 1.39. The summed E-state index contributed by atoms with van der Waals surface area (Å²) in [5.74, 6) is 0. The second kappa shape index (κ2) is 3.52. The number of nitrogens with zero attached hydrogens (tertiary/aromatic N) is 2. The molecule has 2 rings (SSSR count). The maximum absolute atomic E-state index is 4.45. The molecule has 1 aromatic heterocycles. The minimum absolute atomic E-state index is 0.909. The van der Waals surface area contributed by atoms with Gasteiger partial charge in [-0.1, -0.05) is 5.57 Å². The summed E-state index contributed by atoms with van der Waals surface area (Å²) in [6, 6.07) is 3.98. The van der Waals surface area contributed by atoms with Crippen LogP contribution < -0.4 is 0 Å². The van der Waals surface area contributed by atoms with Crippen LogP contribution in [0.4, 0.5) is 0 Å². The lowest BCUT2D eigenvalue weighted by molar-refractivity contribution is 0.935. The molecule has 0 bridgehead atoms. The predicted molar refractivity (Wildman–Crippen MR) is 54.0 cm³/mol. The Morgan fingerprint density at radius 3 is 3.00 bits per heavy atom. The third-order valence-corrected chi connectivity index (χ3v) is 2.13. The van der Waals surface area contributed by atoms with Gasteiger partial charge in [-0.2, -0.15) is 0 Å². The van der Waals surface area contributed by atoms with Gasteiger partial charge in [0.1, 0.15) is 0 Å². The molecule has 0 saturated heterocycles. The van der Waals surface area contributed by atoms with Gasteiger partial charge >= 0.3 is 0 Å². The van der Waals surface area contributed by atoms with Gasteiger partial charge in [-0.25, -0.2) is 0 Å². The van der Waals surface area contributed by atoms with Gasteiger partial charge < -0.3 is 0 Å². The minimum atomic E-state index is 0.909. The van der Waals surface area contributed by atoms with Crippen LogP contribution >= 0.6 is 0 Å². The maximum Gasteiger partial charge on any atom is 0.0661 e. The van der Waals surface area contributed by atoms with Crippen molar-refractivity contribution in [3.63, 3.8) is 0 Å². The molecular weight excluding hydrogens is 160 g/mol. The zero-order valence-electron chi connectivity index (χ0n) is 7.70. The molecule has 0 amide bonds. The first-order valence-electron chi connectivity index (χ1n) is 4.48. The van der Waals surface area contributed by atoms with E-state index in [-0.39, 0.29) is 0 Å². The first-order chi connectivity index (χ1) is 6.36. The highest BCUT2D eigenvalue weighted by molar-refractivity contribution is 6.09. The van der Waals surface area contributed by atoms with E-state index in [0.717, 1.165) is 24.2 Å². The van der Waals surface area contributed by atoms with E-state index < -0.39 is 0 Å². The Hall–Kier alpha value is -1.44. The van der Waals surface area contributed by atoms with Gasteiger partial charge in [-0.3, -0.25) is 9.98 Å². The van der Waals surface area contributed by atoms with E-state index in [1.807, 2.05) is 18.3 Å².